The van der Waals surface area contributed by atoms with Crippen molar-refractivity contribution in [2.45, 2.75) is 5.79 Å². The summed E-state index contributed by atoms with van der Waals surface area (Å²) in [5.41, 5.74) is -0.847. The molecule has 0 aliphatic rings. The Balaban J connectivity index is 3.44. The van der Waals surface area contributed by atoms with Crippen LogP contribution in [0.2, 0.25) is 0 Å². The van der Waals surface area contributed by atoms with Gasteiger partial charge in [0.25, 0.3) is 5.82 Å². The highest BCUT2D eigenvalue weighted by Crippen LogP contribution is 2.21. The highest BCUT2D eigenvalue weighted by Gasteiger charge is 2.74. The van der Waals surface area contributed by atoms with E-state index in [0.717, 1.165) is 0 Å². The zero-order valence-corrected chi connectivity index (χ0v) is 9.96. The van der Waals surface area contributed by atoms with E-state index < -0.39 is 48.7 Å². The van der Waals surface area contributed by atoms with E-state index in [-0.39, 0.29) is 0 Å². The van der Waals surface area contributed by atoms with Crippen molar-refractivity contribution in [3.05, 3.63) is 46.2 Å². The minimum absolute atomic E-state index is 0.441. The lowest BCUT2D eigenvalue weighted by molar-refractivity contribution is -0.967. The van der Waals surface area contributed by atoms with E-state index in [1.165, 1.54) is 6.07 Å². The van der Waals surface area contributed by atoms with Gasteiger partial charge in [-0.2, -0.15) is 5.26 Å². The minimum atomic E-state index is -4.15. The molecule has 0 aliphatic carbocycles. The fourth-order valence-electron chi connectivity index (χ4n) is 1.21. The van der Waals surface area contributed by atoms with Crippen LogP contribution in [0.1, 0.15) is 5.69 Å². The molecule has 1 aromatic rings. The Morgan fingerprint density at radius 2 is 1.59 bits per heavy atom. The van der Waals surface area contributed by atoms with Crippen LogP contribution in [0, 0.1) is 51.8 Å². The van der Waals surface area contributed by atoms with Crippen molar-refractivity contribution >= 4 is 5.82 Å². The topological polar surface area (TPSA) is 239 Å². The van der Waals surface area contributed by atoms with Gasteiger partial charge in [0.05, 0.1) is 0 Å². The van der Waals surface area contributed by atoms with Crippen molar-refractivity contribution in [2.24, 2.45) is 0 Å². The average Bonchev–Trinajstić information content (AvgIpc) is 2.86. The predicted molar refractivity (Wildman–Crippen MR) is 57.1 cm³/mol. The number of nitrogens with zero attached hydrogens (tertiary/aromatic N) is 8. The molecule has 0 radical (unpaired) electrons. The fraction of sp³-hybridized carbons (Fsp3) is 0.400. The van der Waals surface area contributed by atoms with Gasteiger partial charge in [0, 0.05) is 0 Å². The summed E-state index contributed by atoms with van der Waals surface area (Å²) in [6.07, 6.45) is 0. The van der Waals surface area contributed by atoms with Gasteiger partial charge in [0.1, 0.15) is 6.07 Å². The molecule has 0 bridgehead atoms. The van der Waals surface area contributed by atoms with Crippen molar-refractivity contribution in [3.63, 3.8) is 0 Å². The third kappa shape index (κ3) is 2.38. The number of anilines is 1. The molecule has 17 heteroatoms. The summed E-state index contributed by atoms with van der Waals surface area (Å²) < 4.78 is 3.99. The van der Waals surface area contributed by atoms with E-state index >= 15 is 0 Å². The summed E-state index contributed by atoms with van der Waals surface area (Å²) in [5.74, 6) is -5.21. The first-order chi connectivity index (χ1) is 10.2. The molecule has 0 amide bonds. The van der Waals surface area contributed by atoms with Gasteiger partial charge in [-0.15, -0.1) is 0 Å². The van der Waals surface area contributed by atoms with Crippen molar-refractivity contribution in [3.8, 4) is 6.07 Å². The highest BCUT2D eigenvalue weighted by atomic mass is 16.7. The van der Waals surface area contributed by atoms with Crippen LogP contribution in [0.3, 0.4) is 0 Å². The number of aromatic nitrogens is 2. The minimum Gasteiger partial charge on any atom is -0.253 e. The summed E-state index contributed by atoms with van der Waals surface area (Å²) in [6, 6.07) is 1.26. The number of hydrogen-bond acceptors (Lipinski definition) is 12. The Kier molecular flexibility index (Phi) is 4.07. The van der Waals surface area contributed by atoms with Gasteiger partial charge < -0.3 is 0 Å². The Labute approximate surface area is 116 Å². The molecular weight excluding hydrogens is 316 g/mol. The van der Waals surface area contributed by atoms with Crippen LogP contribution in [0.4, 0.5) is 5.82 Å². The van der Waals surface area contributed by atoms with E-state index in [4.69, 9.17) is 5.26 Å². The van der Waals surface area contributed by atoms with E-state index in [1.54, 1.807) is 0 Å². The molecule has 0 unspecified atom stereocenters. The van der Waals surface area contributed by atoms with E-state index in [2.05, 4.69) is 14.9 Å². The molecule has 1 rings (SSSR count). The van der Waals surface area contributed by atoms with Crippen molar-refractivity contribution < 1.29 is 24.4 Å². The second-order valence-corrected chi connectivity index (χ2v) is 3.39. The molecule has 0 atom stereocenters. The standard InChI is InChI=1S/C5H2N8O9/c6-1-3-4(8-22-7-3)9(13(20)21)2-5(10(14)15,11(16)17)12(18)19/h2H2. The first-order valence-corrected chi connectivity index (χ1v) is 4.76. The third-order valence-corrected chi connectivity index (χ3v) is 2.26. The smallest absolute Gasteiger partial charge is 0.253 e. The van der Waals surface area contributed by atoms with Gasteiger partial charge in [-0.05, 0) is 15.3 Å². The summed E-state index contributed by atoms with van der Waals surface area (Å²) in [7, 11) is 0. The summed E-state index contributed by atoms with van der Waals surface area (Å²) in [6.45, 7) is -1.96. The second-order valence-electron chi connectivity index (χ2n) is 3.39. The number of nitriles is 1. The lowest BCUT2D eigenvalue weighted by atomic mass is 10.3. The molecule has 17 nitrogen and oxygen atoms in total. The molecule has 0 fully saturated rings. The number of hydrazine groups is 1. The SMILES string of the molecule is N#Cc1nonc1N(CC([N+](=O)[O-])([N+](=O)[O-])[N+](=O)[O-])[N+](=O)[O-]. The van der Waals surface area contributed by atoms with E-state index in [9.17, 15) is 40.5 Å². The molecule has 0 aliphatic heterocycles. The Morgan fingerprint density at radius 1 is 1.09 bits per heavy atom. The quantitative estimate of drug-likeness (QED) is 0.313. The summed E-state index contributed by atoms with van der Waals surface area (Å²) >= 11 is 0. The highest BCUT2D eigenvalue weighted by molar-refractivity contribution is 5.45. The maximum absolute atomic E-state index is 10.9. The maximum Gasteiger partial charge on any atom is 0.723 e. The van der Waals surface area contributed by atoms with Gasteiger partial charge in [0.2, 0.25) is 5.69 Å². The van der Waals surface area contributed by atoms with Crippen LogP contribution < -0.4 is 5.01 Å². The number of nitro groups is 4. The molecule has 116 valence electrons. The lowest BCUT2D eigenvalue weighted by Gasteiger charge is -2.12. The van der Waals surface area contributed by atoms with Crippen molar-refractivity contribution in [1.29, 1.82) is 5.26 Å². The molecule has 0 saturated heterocycles. The number of hydrogen-bond donors (Lipinski definition) is 0. The van der Waals surface area contributed by atoms with Gasteiger partial charge in [-0.1, -0.05) is 0 Å². The fourth-order valence-corrected chi connectivity index (χ4v) is 1.21. The molecule has 1 aromatic heterocycles. The Hall–Kier alpha value is -3.97. The molecule has 0 aromatic carbocycles. The van der Waals surface area contributed by atoms with Gasteiger partial charge >= 0.3 is 12.3 Å². The molecule has 22 heavy (non-hydrogen) atoms. The van der Waals surface area contributed by atoms with Gasteiger partial charge in [0.15, 0.2) is 19.8 Å². The molecule has 0 spiro atoms. The Bertz CT molecular complexity index is 652. The zero-order chi connectivity index (χ0) is 17.1. The maximum atomic E-state index is 10.9. The third-order valence-electron chi connectivity index (χ3n) is 2.26. The number of rotatable bonds is 7. The summed E-state index contributed by atoms with van der Waals surface area (Å²) in [5, 5.41) is 55.5. The van der Waals surface area contributed by atoms with Gasteiger partial charge in [-0.25, -0.2) is 14.7 Å². The first-order valence-electron chi connectivity index (χ1n) is 4.76. The largest absolute Gasteiger partial charge is 0.723 e. The van der Waals surface area contributed by atoms with Crippen LogP contribution in [-0.4, -0.2) is 42.4 Å². The predicted octanol–water partition coefficient (Wildman–Crippen LogP) is -1.58. The lowest BCUT2D eigenvalue weighted by Crippen LogP contribution is -2.61. The van der Waals surface area contributed by atoms with Crippen LogP contribution in [0.25, 0.3) is 0 Å². The van der Waals surface area contributed by atoms with Gasteiger partial charge in [-0.3, -0.25) is 30.3 Å². The zero-order valence-electron chi connectivity index (χ0n) is 9.96. The molecule has 1 heterocycles. The summed E-state index contributed by atoms with van der Waals surface area (Å²) in [4.78, 5) is 37.3. The molecule has 0 N–H and O–H groups in total. The van der Waals surface area contributed by atoms with E-state index in [1.807, 2.05) is 0 Å². The van der Waals surface area contributed by atoms with Crippen LogP contribution >= 0.6 is 0 Å². The second kappa shape index (κ2) is 5.57. The monoisotopic (exact) mass is 318 g/mol. The van der Waals surface area contributed by atoms with Crippen LogP contribution in [0.5, 0.6) is 0 Å². The average molecular weight is 318 g/mol. The molecule has 0 saturated carbocycles. The Morgan fingerprint density at radius 3 is 1.95 bits per heavy atom. The van der Waals surface area contributed by atoms with Crippen molar-refractivity contribution in [2.75, 3.05) is 11.6 Å². The first kappa shape index (κ1) is 16.1. The van der Waals surface area contributed by atoms with E-state index in [0.29, 0.717) is 0 Å². The van der Waals surface area contributed by atoms with Crippen LogP contribution in [0.15, 0.2) is 4.63 Å². The van der Waals surface area contributed by atoms with Crippen molar-refractivity contribution in [1.82, 2.24) is 10.3 Å². The molecular formula is C5H2N8O9. The van der Waals surface area contributed by atoms with Crippen LogP contribution in [-0.2, 0) is 0 Å². The normalized spacial score (nSPS) is 10.5.